The number of amides is 2. The molecule has 176 valence electrons. The van der Waals surface area contributed by atoms with E-state index in [2.05, 4.69) is 5.32 Å². The molecule has 2 aliphatic heterocycles. The van der Waals surface area contributed by atoms with Crippen molar-refractivity contribution in [3.05, 3.63) is 23.8 Å². The Morgan fingerprint density at radius 2 is 1.88 bits per heavy atom. The first-order valence-electron chi connectivity index (χ1n) is 11.3. The molecule has 2 heterocycles. The molecule has 1 saturated carbocycles. The van der Waals surface area contributed by atoms with Crippen LogP contribution in [-0.4, -0.2) is 53.6 Å². The van der Waals surface area contributed by atoms with Crippen LogP contribution in [0.25, 0.3) is 0 Å². The van der Waals surface area contributed by atoms with Crippen molar-refractivity contribution in [1.29, 1.82) is 0 Å². The number of hydrogen-bond acceptors (Lipinski definition) is 4. The van der Waals surface area contributed by atoms with Gasteiger partial charge in [-0.15, -0.1) is 0 Å². The number of piperidine rings is 1. The molecule has 6 nitrogen and oxygen atoms in total. The molecule has 0 unspecified atom stereocenters. The number of halogens is 3. The largest absolute Gasteiger partial charge is 0.418 e. The predicted molar refractivity (Wildman–Crippen MR) is 114 cm³/mol. The highest BCUT2D eigenvalue weighted by atomic mass is 19.4. The number of nitrogens with zero attached hydrogens (tertiary/aromatic N) is 2. The van der Waals surface area contributed by atoms with Crippen LogP contribution in [0, 0.1) is 5.41 Å². The molecular formula is C23H30F3N3O3. The van der Waals surface area contributed by atoms with E-state index in [-0.39, 0.29) is 36.0 Å². The van der Waals surface area contributed by atoms with Crippen LogP contribution in [-0.2, 0) is 15.8 Å². The van der Waals surface area contributed by atoms with Crippen LogP contribution in [0.3, 0.4) is 0 Å². The topological polar surface area (TPSA) is 72.9 Å². The molecule has 0 radical (unpaired) electrons. The van der Waals surface area contributed by atoms with Gasteiger partial charge in [0.15, 0.2) is 0 Å². The fourth-order valence-corrected chi connectivity index (χ4v) is 5.60. The summed E-state index contributed by atoms with van der Waals surface area (Å²) < 4.78 is 41.6. The number of hydrogen-bond donors (Lipinski definition) is 2. The molecular weight excluding hydrogens is 423 g/mol. The summed E-state index contributed by atoms with van der Waals surface area (Å²) in [5.41, 5.74) is -1.31. The number of rotatable bonds is 3. The molecule has 9 heteroatoms. The molecule has 3 aliphatic rings. The van der Waals surface area contributed by atoms with Gasteiger partial charge in [-0.1, -0.05) is 0 Å². The minimum atomic E-state index is -4.58. The zero-order chi connectivity index (χ0) is 23.1. The Kier molecular flexibility index (Phi) is 6.13. The Bertz CT molecular complexity index is 883. The summed E-state index contributed by atoms with van der Waals surface area (Å²) in [6.07, 6.45) is 0.00441. The lowest BCUT2D eigenvalue weighted by atomic mass is 9.78. The van der Waals surface area contributed by atoms with Gasteiger partial charge in [-0.25, -0.2) is 0 Å². The molecule has 1 aromatic carbocycles. The summed E-state index contributed by atoms with van der Waals surface area (Å²) in [5, 5.41) is 12.2. The number of carbonyl (C=O) groups excluding carboxylic acids is 2. The van der Waals surface area contributed by atoms with Gasteiger partial charge in [-0.2, -0.15) is 13.2 Å². The molecule has 2 saturated heterocycles. The van der Waals surface area contributed by atoms with E-state index in [4.69, 9.17) is 0 Å². The number of anilines is 2. The van der Waals surface area contributed by atoms with Crippen LogP contribution in [0.5, 0.6) is 0 Å². The molecule has 32 heavy (non-hydrogen) atoms. The summed E-state index contributed by atoms with van der Waals surface area (Å²) in [7, 11) is 0. The lowest BCUT2D eigenvalue weighted by molar-refractivity contribution is -0.139. The van der Waals surface area contributed by atoms with Gasteiger partial charge in [-0.05, 0) is 63.1 Å². The molecule has 4 rings (SSSR count). The van der Waals surface area contributed by atoms with Crippen LogP contribution < -0.4 is 10.2 Å². The molecule has 3 fully saturated rings. The standard InChI is InChI=1S/C23H30F3N3O3/c1-15(30)27-16-3-8-20(19(13-16)23(24,25)26)28-11-2-9-22(14-28)10-12-29(21(22)32)17-4-6-18(31)7-5-17/h3,8,13,17-18,31H,2,4-7,9-12,14H2,1H3,(H,27,30)/t17?,18?,22-/m0/s1. The number of alkyl halides is 3. The SMILES string of the molecule is CC(=O)Nc1ccc(N2CCC[C@]3(CCN(C4CCC(O)CC4)C3=O)C2)c(C(F)(F)F)c1. The van der Waals surface area contributed by atoms with Gasteiger partial charge in [0, 0.05) is 44.0 Å². The predicted octanol–water partition coefficient (Wildman–Crippen LogP) is 3.79. The van der Waals surface area contributed by atoms with Crippen molar-refractivity contribution >= 4 is 23.2 Å². The second-order valence-corrected chi connectivity index (χ2v) is 9.43. The smallest absolute Gasteiger partial charge is 0.393 e. The molecule has 1 atom stereocenters. The summed E-state index contributed by atoms with van der Waals surface area (Å²) in [5.74, 6) is -0.387. The second kappa shape index (κ2) is 8.57. The van der Waals surface area contributed by atoms with E-state index in [0.717, 1.165) is 18.9 Å². The molecule has 1 aromatic rings. The Hall–Kier alpha value is -2.29. The Labute approximate surface area is 185 Å². The maximum absolute atomic E-state index is 13.9. The monoisotopic (exact) mass is 453 g/mol. The molecule has 0 aromatic heterocycles. The Morgan fingerprint density at radius 3 is 2.53 bits per heavy atom. The van der Waals surface area contributed by atoms with Gasteiger partial charge < -0.3 is 20.2 Å². The van der Waals surface area contributed by atoms with Crippen molar-refractivity contribution in [3.63, 3.8) is 0 Å². The van der Waals surface area contributed by atoms with Gasteiger partial charge in [0.1, 0.15) is 0 Å². The number of likely N-dealkylation sites (tertiary alicyclic amines) is 1. The lowest BCUT2D eigenvalue weighted by Gasteiger charge is -2.42. The van der Waals surface area contributed by atoms with E-state index in [0.29, 0.717) is 45.2 Å². The van der Waals surface area contributed by atoms with Crippen LogP contribution in [0.15, 0.2) is 18.2 Å². The maximum Gasteiger partial charge on any atom is 0.418 e. The first-order valence-corrected chi connectivity index (χ1v) is 11.3. The normalized spacial score (nSPS) is 29.0. The van der Waals surface area contributed by atoms with E-state index in [1.807, 2.05) is 4.90 Å². The number of benzene rings is 1. The maximum atomic E-state index is 13.9. The van der Waals surface area contributed by atoms with Crippen LogP contribution in [0.1, 0.15) is 57.4 Å². The van der Waals surface area contributed by atoms with Crippen LogP contribution in [0.2, 0.25) is 0 Å². The highest BCUT2D eigenvalue weighted by Gasteiger charge is 2.51. The van der Waals surface area contributed by atoms with Crippen LogP contribution >= 0.6 is 0 Å². The van der Waals surface area contributed by atoms with E-state index < -0.39 is 23.1 Å². The van der Waals surface area contributed by atoms with Crippen molar-refractivity contribution in [1.82, 2.24) is 4.90 Å². The molecule has 2 amide bonds. The van der Waals surface area contributed by atoms with Gasteiger partial charge in [0.25, 0.3) is 0 Å². The fourth-order valence-electron chi connectivity index (χ4n) is 5.60. The molecule has 1 aliphatic carbocycles. The number of nitrogens with one attached hydrogen (secondary N) is 1. The molecule has 0 bridgehead atoms. The highest BCUT2D eigenvalue weighted by Crippen LogP contribution is 2.46. The summed E-state index contributed by atoms with van der Waals surface area (Å²) in [4.78, 5) is 28.4. The fraction of sp³-hybridized carbons (Fsp3) is 0.652. The van der Waals surface area contributed by atoms with E-state index >= 15 is 0 Å². The second-order valence-electron chi connectivity index (χ2n) is 9.43. The first kappa shape index (κ1) is 22.9. The summed E-state index contributed by atoms with van der Waals surface area (Å²) >= 11 is 0. The van der Waals surface area contributed by atoms with Crippen molar-refractivity contribution < 1.29 is 27.9 Å². The van der Waals surface area contributed by atoms with Crippen LogP contribution in [0.4, 0.5) is 24.5 Å². The van der Waals surface area contributed by atoms with Crippen molar-refractivity contribution in [2.75, 3.05) is 29.9 Å². The average Bonchev–Trinajstić information content (AvgIpc) is 3.03. The lowest BCUT2D eigenvalue weighted by Crippen LogP contribution is -2.50. The van der Waals surface area contributed by atoms with Gasteiger partial charge in [0.05, 0.1) is 17.1 Å². The number of carbonyl (C=O) groups is 2. The van der Waals surface area contributed by atoms with Crippen molar-refractivity contribution in [2.24, 2.45) is 5.41 Å². The third kappa shape index (κ3) is 4.44. The van der Waals surface area contributed by atoms with E-state index in [9.17, 15) is 27.9 Å². The third-order valence-electron chi connectivity index (χ3n) is 7.19. The zero-order valence-corrected chi connectivity index (χ0v) is 18.2. The van der Waals surface area contributed by atoms with E-state index in [1.54, 1.807) is 4.90 Å². The average molecular weight is 454 g/mol. The van der Waals surface area contributed by atoms with Crippen molar-refractivity contribution in [3.8, 4) is 0 Å². The minimum absolute atomic E-state index is 0.0482. The number of aliphatic hydroxyl groups excluding tert-OH is 1. The summed E-state index contributed by atoms with van der Waals surface area (Å²) in [6, 6.07) is 3.95. The molecule has 2 N–H and O–H groups in total. The third-order valence-corrected chi connectivity index (χ3v) is 7.19. The molecule has 1 spiro atoms. The van der Waals surface area contributed by atoms with Crippen molar-refractivity contribution in [2.45, 2.75) is 70.2 Å². The minimum Gasteiger partial charge on any atom is -0.393 e. The zero-order valence-electron chi connectivity index (χ0n) is 18.2. The van der Waals surface area contributed by atoms with E-state index in [1.165, 1.54) is 19.1 Å². The van der Waals surface area contributed by atoms with Gasteiger partial charge >= 0.3 is 6.18 Å². The number of aliphatic hydroxyl groups is 1. The van der Waals surface area contributed by atoms with Gasteiger partial charge in [-0.3, -0.25) is 9.59 Å². The Balaban J connectivity index is 1.56. The van der Waals surface area contributed by atoms with Gasteiger partial charge in [0.2, 0.25) is 11.8 Å². The quantitative estimate of drug-likeness (QED) is 0.731. The highest BCUT2D eigenvalue weighted by molar-refractivity contribution is 5.89. The summed E-state index contributed by atoms with van der Waals surface area (Å²) in [6.45, 7) is 2.59. The Morgan fingerprint density at radius 1 is 1.16 bits per heavy atom. The first-order chi connectivity index (χ1) is 15.1.